The number of halogens is 1. The summed E-state index contributed by atoms with van der Waals surface area (Å²) in [5.74, 6) is -0.249. The number of aromatic hydroxyl groups is 1. The third kappa shape index (κ3) is 3.36. The van der Waals surface area contributed by atoms with Crippen LogP contribution in [-0.4, -0.2) is 25.8 Å². The number of aromatic nitrogens is 1. The molecule has 0 fully saturated rings. The molecule has 1 aliphatic rings. The fourth-order valence-electron chi connectivity index (χ4n) is 4.06. The van der Waals surface area contributed by atoms with Crippen molar-refractivity contribution in [3.8, 4) is 22.6 Å². The number of nitrogens with zero attached hydrogens (tertiary/aromatic N) is 1. The maximum atomic E-state index is 13.3. The third-order valence-corrected chi connectivity index (χ3v) is 7.37. The van der Waals surface area contributed by atoms with Gasteiger partial charge in [0, 0.05) is 5.39 Å². The molecule has 3 aromatic carbocycles. The molecule has 2 heterocycles. The van der Waals surface area contributed by atoms with E-state index in [1.54, 1.807) is 12.1 Å². The molecule has 0 amide bonds. The predicted octanol–water partition coefficient (Wildman–Crippen LogP) is 5.15. The van der Waals surface area contributed by atoms with Crippen molar-refractivity contribution in [3.05, 3.63) is 64.8 Å². The van der Waals surface area contributed by atoms with Gasteiger partial charge >= 0.3 is 0 Å². The van der Waals surface area contributed by atoms with Gasteiger partial charge in [0.25, 0.3) is 10.0 Å². The van der Waals surface area contributed by atoms with Crippen molar-refractivity contribution < 1.29 is 22.8 Å². The number of aryl methyl sites for hydroxylation is 2. The minimum absolute atomic E-state index is 0.158. The minimum Gasteiger partial charge on any atom is -0.505 e. The molecule has 0 spiro atoms. The summed E-state index contributed by atoms with van der Waals surface area (Å²) in [5, 5.41) is 14.9. The number of fused-ring (bicyclic) bond motifs is 5. The molecule has 164 valence electrons. The van der Waals surface area contributed by atoms with Gasteiger partial charge in [-0.2, -0.15) is 0 Å². The van der Waals surface area contributed by atoms with E-state index in [2.05, 4.69) is 15.9 Å². The lowest BCUT2D eigenvalue weighted by atomic mass is 9.95. The lowest BCUT2D eigenvalue weighted by molar-refractivity contribution is 0.417. The molecule has 0 atom stereocenters. The van der Waals surface area contributed by atoms with Crippen LogP contribution < -0.4 is 9.46 Å². The Morgan fingerprint density at radius 1 is 1.16 bits per heavy atom. The standard InChI is InChI=1S/C23H19ClN2O5S/c1-30-19-10-9-14-11-18(19)26-32(28,29)20-12-16-17(25-31-23(16)21(24)22(20)27)8-4-6-13-5-2-3-7-15(13)14/h2-3,5,7,9-12,26-27H,4,6,8H2,1H3. The van der Waals surface area contributed by atoms with Gasteiger partial charge in [-0.25, -0.2) is 8.42 Å². The number of rotatable bonds is 1. The molecule has 7 nitrogen and oxygen atoms in total. The molecular weight excluding hydrogens is 452 g/mol. The average molecular weight is 471 g/mol. The second-order valence-electron chi connectivity index (χ2n) is 7.57. The fraction of sp³-hybridized carbons (Fsp3) is 0.174. The van der Waals surface area contributed by atoms with E-state index >= 15 is 0 Å². The van der Waals surface area contributed by atoms with Crippen molar-refractivity contribution in [2.24, 2.45) is 0 Å². The van der Waals surface area contributed by atoms with Gasteiger partial charge in [-0.3, -0.25) is 4.72 Å². The van der Waals surface area contributed by atoms with Crippen molar-refractivity contribution >= 4 is 38.3 Å². The summed E-state index contributed by atoms with van der Waals surface area (Å²) in [5.41, 5.74) is 3.97. The average Bonchev–Trinajstić information content (AvgIpc) is 3.19. The highest BCUT2D eigenvalue weighted by Crippen LogP contribution is 2.41. The van der Waals surface area contributed by atoms with Crippen LogP contribution in [0.1, 0.15) is 17.7 Å². The number of methoxy groups -OCH3 is 1. The molecule has 0 aliphatic carbocycles. The second kappa shape index (κ2) is 7.72. The Bertz CT molecular complexity index is 1460. The summed E-state index contributed by atoms with van der Waals surface area (Å²) >= 11 is 6.25. The van der Waals surface area contributed by atoms with E-state index < -0.39 is 15.8 Å². The van der Waals surface area contributed by atoms with E-state index in [1.807, 2.05) is 24.3 Å². The van der Waals surface area contributed by atoms with E-state index in [1.165, 1.54) is 13.2 Å². The Morgan fingerprint density at radius 3 is 2.78 bits per heavy atom. The highest BCUT2D eigenvalue weighted by molar-refractivity contribution is 7.92. The van der Waals surface area contributed by atoms with Gasteiger partial charge in [-0.05, 0) is 54.2 Å². The highest BCUT2D eigenvalue weighted by Gasteiger charge is 2.27. The van der Waals surface area contributed by atoms with Crippen LogP contribution in [0.4, 0.5) is 5.69 Å². The zero-order valence-electron chi connectivity index (χ0n) is 17.1. The predicted molar refractivity (Wildman–Crippen MR) is 122 cm³/mol. The van der Waals surface area contributed by atoms with E-state index in [4.69, 9.17) is 20.9 Å². The first-order chi connectivity index (χ1) is 15.4. The van der Waals surface area contributed by atoms with Crippen LogP contribution in [0.15, 0.2) is 57.9 Å². The highest BCUT2D eigenvalue weighted by atomic mass is 35.5. The molecule has 5 rings (SSSR count). The zero-order chi connectivity index (χ0) is 22.5. The second-order valence-corrected chi connectivity index (χ2v) is 9.60. The molecule has 1 aromatic heterocycles. The van der Waals surface area contributed by atoms with E-state index in [9.17, 15) is 13.5 Å². The smallest absolute Gasteiger partial charge is 0.265 e. The van der Waals surface area contributed by atoms with Crippen LogP contribution in [0.5, 0.6) is 11.5 Å². The number of phenols is 1. The summed E-state index contributed by atoms with van der Waals surface area (Å²) in [4.78, 5) is -0.357. The van der Waals surface area contributed by atoms with Gasteiger partial charge in [0.1, 0.15) is 15.7 Å². The Labute approximate surface area is 189 Å². The molecule has 0 radical (unpaired) electrons. The molecule has 1 aliphatic heterocycles. The van der Waals surface area contributed by atoms with Crippen molar-refractivity contribution in [2.75, 3.05) is 11.8 Å². The van der Waals surface area contributed by atoms with Crippen LogP contribution in [0.3, 0.4) is 0 Å². The van der Waals surface area contributed by atoms with Crippen LogP contribution in [-0.2, 0) is 22.9 Å². The minimum atomic E-state index is -4.22. The number of ether oxygens (including phenoxy) is 1. The van der Waals surface area contributed by atoms with Gasteiger partial charge in [0.15, 0.2) is 11.3 Å². The Morgan fingerprint density at radius 2 is 1.97 bits per heavy atom. The number of anilines is 1. The topological polar surface area (TPSA) is 102 Å². The lowest BCUT2D eigenvalue weighted by Crippen LogP contribution is -2.14. The molecule has 2 N–H and O–H groups in total. The van der Waals surface area contributed by atoms with Crippen molar-refractivity contribution in [1.29, 1.82) is 0 Å². The lowest BCUT2D eigenvalue weighted by Gasteiger charge is -2.16. The van der Waals surface area contributed by atoms with Gasteiger partial charge in [-0.1, -0.05) is 47.1 Å². The van der Waals surface area contributed by atoms with Gasteiger partial charge in [0.2, 0.25) is 0 Å². The number of sulfonamides is 1. The number of benzene rings is 3. The summed E-state index contributed by atoms with van der Waals surface area (Å²) in [6.07, 6.45) is 2.11. The van der Waals surface area contributed by atoms with Crippen molar-refractivity contribution in [2.45, 2.75) is 24.2 Å². The number of phenolic OH excluding ortho intramolecular Hbond substituents is 1. The SMILES string of the molecule is COc1ccc2cc1NS(=O)(=O)c1cc3c(noc3c(Cl)c1O)CCCc1ccccc1-2. The van der Waals surface area contributed by atoms with Gasteiger partial charge in [0.05, 0.1) is 18.5 Å². The zero-order valence-corrected chi connectivity index (χ0v) is 18.6. The fourth-order valence-corrected chi connectivity index (χ4v) is 5.54. The number of hydrogen-bond acceptors (Lipinski definition) is 6. The maximum Gasteiger partial charge on any atom is 0.265 e. The number of hydrogen-bond donors (Lipinski definition) is 2. The molecule has 4 aromatic rings. The van der Waals surface area contributed by atoms with Gasteiger partial charge < -0.3 is 14.4 Å². The Kier molecular flexibility index (Phi) is 4.98. The quantitative estimate of drug-likeness (QED) is 0.399. The van der Waals surface area contributed by atoms with E-state index in [0.29, 0.717) is 23.3 Å². The van der Waals surface area contributed by atoms with E-state index in [-0.39, 0.29) is 21.2 Å². The molecule has 4 bridgehead atoms. The first-order valence-electron chi connectivity index (χ1n) is 9.98. The van der Waals surface area contributed by atoms with Crippen LogP contribution >= 0.6 is 11.6 Å². The molecule has 0 unspecified atom stereocenters. The van der Waals surface area contributed by atoms with Crippen molar-refractivity contribution in [1.82, 2.24) is 5.16 Å². The largest absolute Gasteiger partial charge is 0.505 e. The third-order valence-electron chi connectivity index (χ3n) is 5.64. The van der Waals surface area contributed by atoms with Crippen LogP contribution in [0, 0.1) is 0 Å². The Hall–Kier alpha value is -3.23. The van der Waals surface area contributed by atoms with Crippen LogP contribution in [0.2, 0.25) is 5.02 Å². The molecule has 0 saturated carbocycles. The molecular formula is C23H19ClN2O5S. The Balaban J connectivity index is 1.77. The van der Waals surface area contributed by atoms with Crippen molar-refractivity contribution in [3.63, 3.8) is 0 Å². The first-order valence-corrected chi connectivity index (χ1v) is 11.8. The van der Waals surface area contributed by atoms with E-state index in [0.717, 1.165) is 29.5 Å². The molecule has 32 heavy (non-hydrogen) atoms. The molecule has 0 saturated heterocycles. The first kappa shape index (κ1) is 20.7. The van der Waals surface area contributed by atoms with Crippen LogP contribution in [0.25, 0.3) is 22.1 Å². The number of nitrogens with one attached hydrogen (secondary N) is 1. The van der Waals surface area contributed by atoms with Gasteiger partial charge in [-0.15, -0.1) is 0 Å². The summed E-state index contributed by atoms with van der Waals surface area (Å²) in [6, 6.07) is 14.7. The normalized spacial score (nSPS) is 15.1. The summed E-state index contributed by atoms with van der Waals surface area (Å²) in [7, 11) is -2.76. The molecule has 9 heteroatoms. The summed E-state index contributed by atoms with van der Waals surface area (Å²) < 4.78 is 39.8. The maximum absolute atomic E-state index is 13.3. The summed E-state index contributed by atoms with van der Waals surface area (Å²) in [6.45, 7) is 0. The monoisotopic (exact) mass is 470 g/mol.